The van der Waals surface area contributed by atoms with Gasteiger partial charge in [0, 0.05) is 17.8 Å². The van der Waals surface area contributed by atoms with Crippen molar-refractivity contribution in [3.63, 3.8) is 0 Å². The first-order valence-corrected chi connectivity index (χ1v) is 8.82. The van der Waals surface area contributed by atoms with Crippen LogP contribution >= 0.6 is 0 Å². The summed E-state index contributed by atoms with van der Waals surface area (Å²) >= 11 is 0. The molecule has 0 aliphatic carbocycles. The summed E-state index contributed by atoms with van der Waals surface area (Å²) in [5.41, 5.74) is 5.04. The topological polar surface area (TPSA) is 113 Å². The fourth-order valence-electron chi connectivity index (χ4n) is 2.92. The van der Waals surface area contributed by atoms with E-state index in [4.69, 9.17) is 0 Å². The van der Waals surface area contributed by atoms with E-state index in [2.05, 4.69) is 20.5 Å². The fraction of sp³-hybridized carbons (Fsp3) is 0.0476. The Morgan fingerprint density at radius 2 is 1.93 bits per heavy atom. The van der Waals surface area contributed by atoms with Crippen LogP contribution in [0.2, 0.25) is 0 Å². The summed E-state index contributed by atoms with van der Waals surface area (Å²) in [4.78, 5) is 21.4. The fourth-order valence-corrected chi connectivity index (χ4v) is 2.92. The Morgan fingerprint density at radius 1 is 1.10 bits per heavy atom. The van der Waals surface area contributed by atoms with Crippen molar-refractivity contribution in [1.82, 2.24) is 20.0 Å². The molecule has 29 heavy (non-hydrogen) atoms. The predicted octanol–water partition coefficient (Wildman–Crippen LogP) is 2.66. The van der Waals surface area contributed by atoms with Crippen molar-refractivity contribution >= 4 is 23.2 Å². The molecule has 0 atom stereocenters. The number of hydrogen-bond donors (Lipinski definition) is 3. The maximum Gasteiger partial charge on any atom is 0.260 e. The number of carbonyl (C=O) groups excluding carboxylic acids is 1. The molecule has 1 amide bonds. The number of phenolic OH excluding ortho intramolecular Hbond substituents is 2. The second kappa shape index (κ2) is 7.81. The molecule has 0 saturated heterocycles. The van der Waals surface area contributed by atoms with Crippen LogP contribution < -0.4 is 5.43 Å². The van der Waals surface area contributed by atoms with Gasteiger partial charge in [0.05, 0.1) is 17.2 Å². The summed E-state index contributed by atoms with van der Waals surface area (Å²) in [5, 5.41) is 23.0. The van der Waals surface area contributed by atoms with E-state index in [9.17, 15) is 15.0 Å². The number of benzene rings is 2. The highest BCUT2D eigenvalue weighted by molar-refractivity contribution is 5.86. The third-order valence-electron chi connectivity index (χ3n) is 4.26. The lowest BCUT2D eigenvalue weighted by Gasteiger charge is -2.08. The normalized spacial score (nSPS) is 11.2. The second-order valence-electron chi connectivity index (χ2n) is 6.26. The van der Waals surface area contributed by atoms with E-state index >= 15 is 0 Å². The maximum absolute atomic E-state index is 12.5. The standard InChI is InChI=1S/C21H17N5O3/c27-15-9-8-14(19(28)11-15)12-23-25-20(29)13-26-18-7-2-1-5-16(18)24-21(26)17-6-3-4-10-22-17/h1-12,27-28H,13H2,(H,25,29). The van der Waals surface area contributed by atoms with Gasteiger partial charge in [0.25, 0.3) is 5.91 Å². The summed E-state index contributed by atoms with van der Waals surface area (Å²) < 4.78 is 1.78. The summed E-state index contributed by atoms with van der Waals surface area (Å²) in [6.45, 7) is -0.00861. The zero-order valence-corrected chi connectivity index (χ0v) is 15.2. The lowest BCUT2D eigenvalue weighted by atomic mass is 10.2. The molecular weight excluding hydrogens is 370 g/mol. The van der Waals surface area contributed by atoms with Gasteiger partial charge in [-0.2, -0.15) is 5.10 Å². The van der Waals surface area contributed by atoms with Gasteiger partial charge in [0.15, 0.2) is 5.82 Å². The number of aromatic hydroxyl groups is 2. The number of phenols is 2. The van der Waals surface area contributed by atoms with E-state index in [1.54, 1.807) is 10.8 Å². The van der Waals surface area contributed by atoms with Crippen LogP contribution in [0.5, 0.6) is 11.5 Å². The lowest BCUT2D eigenvalue weighted by molar-refractivity contribution is -0.121. The van der Waals surface area contributed by atoms with Gasteiger partial charge >= 0.3 is 0 Å². The summed E-state index contributed by atoms with van der Waals surface area (Å²) in [5.74, 6) is 0.0284. The smallest absolute Gasteiger partial charge is 0.260 e. The number of fused-ring (bicyclic) bond motifs is 1. The van der Waals surface area contributed by atoms with Crippen molar-refractivity contribution in [2.24, 2.45) is 5.10 Å². The SMILES string of the molecule is O=C(Cn1c(-c2ccccn2)nc2ccccc21)NN=Cc1ccc(O)cc1O. The third-order valence-corrected chi connectivity index (χ3v) is 4.26. The molecule has 2 aromatic carbocycles. The average molecular weight is 387 g/mol. The number of hydrazone groups is 1. The van der Waals surface area contributed by atoms with Gasteiger partial charge in [-0.15, -0.1) is 0 Å². The quantitative estimate of drug-likeness (QED) is 0.360. The number of aromatic nitrogens is 3. The molecule has 0 bridgehead atoms. The molecule has 8 heteroatoms. The van der Waals surface area contributed by atoms with Gasteiger partial charge in [-0.1, -0.05) is 18.2 Å². The number of hydrogen-bond acceptors (Lipinski definition) is 6. The first-order chi connectivity index (χ1) is 14.1. The third kappa shape index (κ3) is 3.91. The number of amides is 1. The van der Waals surface area contributed by atoms with Crippen LogP contribution in [0.3, 0.4) is 0 Å². The van der Waals surface area contributed by atoms with Gasteiger partial charge in [-0.05, 0) is 36.4 Å². The van der Waals surface area contributed by atoms with Crippen LogP contribution in [-0.2, 0) is 11.3 Å². The Morgan fingerprint density at radius 3 is 2.72 bits per heavy atom. The zero-order chi connectivity index (χ0) is 20.2. The first-order valence-electron chi connectivity index (χ1n) is 8.82. The molecule has 3 N–H and O–H groups in total. The molecule has 144 valence electrons. The molecule has 0 unspecified atom stereocenters. The monoisotopic (exact) mass is 387 g/mol. The highest BCUT2D eigenvalue weighted by Gasteiger charge is 2.15. The number of nitrogens with one attached hydrogen (secondary N) is 1. The van der Waals surface area contributed by atoms with Gasteiger partial charge in [0.2, 0.25) is 0 Å². The summed E-state index contributed by atoms with van der Waals surface area (Å²) in [7, 11) is 0. The summed E-state index contributed by atoms with van der Waals surface area (Å²) in [6, 6.07) is 17.1. The van der Waals surface area contributed by atoms with Crippen molar-refractivity contribution in [2.45, 2.75) is 6.54 Å². The van der Waals surface area contributed by atoms with E-state index < -0.39 is 0 Å². The number of pyridine rings is 1. The minimum atomic E-state index is -0.361. The second-order valence-corrected chi connectivity index (χ2v) is 6.26. The minimum absolute atomic E-state index is 0.00861. The molecule has 2 aromatic heterocycles. The number of rotatable bonds is 5. The van der Waals surface area contributed by atoms with Crippen LogP contribution in [0.25, 0.3) is 22.6 Å². The predicted molar refractivity (Wildman–Crippen MR) is 108 cm³/mol. The van der Waals surface area contributed by atoms with Gasteiger partial charge in [-0.3, -0.25) is 9.78 Å². The van der Waals surface area contributed by atoms with E-state index in [1.807, 2.05) is 42.5 Å². The maximum atomic E-state index is 12.5. The van der Waals surface area contributed by atoms with Gasteiger partial charge in [-0.25, -0.2) is 10.4 Å². The molecule has 0 saturated carbocycles. The number of imidazole rings is 1. The van der Waals surface area contributed by atoms with Crippen molar-refractivity contribution in [1.29, 1.82) is 0 Å². The van der Waals surface area contributed by atoms with E-state index in [-0.39, 0.29) is 24.0 Å². The highest BCUT2D eigenvalue weighted by Crippen LogP contribution is 2.23. The van der Waals surface area contributed by atoms with Crippen molar-refractivity contribution in [3.8, 4) is 23.0 Å². The molecule has 0 radical (unpaired) electrons. The largest absolute Gasteiger partial charge is 0.508 e. The number of para-hydroxylation sites is 2. The van der Waals surface area contributed by atoms with Crippen LogP contribution in [0.4, 0.5) is 0 Å². The zero-order valence-electron chi connectivity index (χ0n) is 15.2. The molecule has 2 heterocycles. The highest BCUT2D eigenvalue weighted by atomic mass is 16.3. The first kappa shape index (κ1) is 18.2. The van der Waals surface area contributed by atoms with Crippen LogP contribution in [0.1, 0.15) is 5.56 Å². The molecule has 0 aliphatic heterocycles. The van der Waals surface area contributed by atoms with Crippen molar-refractivity contribution < 1.29 is 15.0 Å². The minimum Gasteiger partial charge on any atom is -0.508 e. The van der Waals surface area contributed by atoms with Crippen LogP contribution in [0, 0.1) is 0 Å². The number of nitrogens with zero attached hydrogens (tertiary/aromatic N) is 4. The molecular formula is C21H17N5O3. The molecule has 8 nitrogen and oxygen atoms in total. The van der Waals surface area contributed by atoms with Crippen molar-refractivity contribution in [3.05, 3.63) is 72.4 Å². The average Bonchev–Trinajstić information content (AvgIpc) is 3.09. The van der Waals surface area contributed by atoms with Crippen molar-refractivity contribution in [2.75, 3.05) is 0 Å². The van der Waals surface area contributed by atoms with E-state index in [1.165, 1.54) is 24.4 Å². The number of carbonyl (C=O) groups is 1. The van der Waals surface area contributed by atoms with Crippen LogP contribution in [-0.4, -0.2) is 36.9 Å². The molecule has 0 spiro atoms. The molecule has 4 rings (SSSR count). The Hall–Kier alpha value is -4.20. The van der Waals surface area contributed by atoms with Crippen LogP contribution in [0.15, 0.2) is 72.0 Å². The molecule has 0 aliphatic rings. The Kier molecular flexibility index (Phi) is 4.90. The lowest BCUT2D eigenvalue weighted by Crippen LogP contribution is -2.23. The van der Waals surface area contributed by atoms with E-state index in [0.29, 0.717) is 17.1 Å². The molecule has 0 fully saturated rings. The van der Waals surface area contributed by atoms with Gasteiger partial charge < -0.3 is 14.8 Å². The Balaban J connectivity index is 1.57. The van der Waals surface area contributed by atoms with Gasteiger partial charge in [0.1, 0.15) is 23.7 Å². The Bertz CT molecular complexity index is 1200. The molecule has 4 aromatic rings. The summed E-state index contributed by atoms with van der Waals surface area (Å²) in [6.07, 6.45) is 2.98. The van der Waals surface area contributed by atoms with E-state index in [0.717, 1.165) is 11.0 Å². The Labute approximate surface area is 165 Å².